The molecule has 0 radical (unpaired) electrons. The molecule has 2 N–H and O–H groups in total. The summed E-state index contributed by atoms with van der Waals surface area (Å²) in [6, 6.07) is 8.79. The van der Waals surface area contributed by atoms with Crippen LogP contribution < -0.4 is 15.4 Å². The number of nitrogens with zero attached hydrogens (tertiary/aromatic N) is 1. The zero-order valence-corrected chi connectivity index (χ0v) is 13.6. The maximum atomic E-state index is 6.21. The highest BCUT2D eigenvalue weighted by Gasteiger charge is 2.28. The predicted octanol–water partition coefficient (Wildman–Crippen LogP) is 3.90. The van der Waals surface area contributed by atoms with Crippen molar-refractivity contribution in [2.45, 2.75) is 32.4 Å². The van der Waals surface area contributed by atoms with Crippen LogP contribution in [0.5, 0.6) is 5.75 Å². The number of hydrogen-bond acceptors (Lipinski definition) is 4. The van der Waals surface area contributed by atoms with Crippen LogP contribution in [0.1, 0.15) is 41.9 Å². The molecule has 112 valence electrons. The second-order valence-electron chi connectivity index (χ2n) is 5.60. The van der Waals surface area contributed by atoms with Gasteiger partial charge in [-0.15, -0.1) is 11.3 Å². The summed E-state index contributed by atoms with van der Waals surface area (Å²) in [5.74, 6) is 0.880. The van der Waals surface area contributed by atoms with Crippen molar-refractivity contribution in [2.75, 3.05) is 18.6 Å². The molecule has 0 spiro atoms. The Morgan fingerprint density at radius 3 is 2.90 bits per heavy atom. The fourth-order valence-electron chi connectivity index (χ4n) is 3.26. The van der Waals surface area contributed by atoms with Crippen molar-refractivity contribution in [1.29, 1.82) is 0 Å². The quantitative estimate of drug-likeness (QED) is 0.934. The minimum Gasteiger partial charge on any atom is -0.496 e. The molecule has 1 aromatic carbocycles. The Hall–Kier alpha value is -1.52. The fraction of sp³-hybridized carbons (Fsp3) is 0.412. The van der Waals surface area contributed by atoms with Crippen LogP contribution in [0.3, 0.4) is 0 Å². The minimum atomic E-state index is -0.0489. The van der Waals surface area contributed by atoms with Gasteiger partial charge in [-0.25, -0.2) is 0 Å². The van der Waals surface area contributed by atoms with Gasteiger partial charge in [0.05, 0.1) is 13.2 Å². The van der Waals surface area contributed by atoms with Crippen LogP contribution in [-0.4, -0.2) is 13.7 Å². The Morgan fingerprint density at radius 1 is 1.38 bits per heavy atom. The topological polar surface area (TPSA) is 38.5 Å². The molecule has 0 saturated heterocycles. The highest BCUT2D eigenvalue weighted by atomic mass is 32.1. The lowest BCUT2D eigenvalue weighted by atomic mass is 9.97. The van der Waals surface area contributed by atoms with Crippen molar-refractivity contribution in [3.8, 4) is 5.75 Å². The Bertz CT molecular complexity index is 635. The van der Waals surface area contributed by atoms with E-state index in [9.17, 15) is 0 Å². The molecule has 0 saturated carbocycles. The van der Waals surface area contributed by atoms with Gasteiger partial charge in [0.2, 0.25) is 0 Å². The highest BCUT2D eigenvalue weighted by Crippen LogP contribution is 2.41. The summed E-state index contributed by atoms with van der Waals surface area (Å²) in [4.78, 5) is 3.97. The van der Waals surface area contributed by atoms with Gasteiger partial charge < -0.3 is 15.4 Å². The molecule has 1 aliphatic heterocycles. The Kier molecular flexibility index (Phi) is 3.91. The van der Waals surface area contributed by atoms with Crippen LogP contribution in [0.15, 0.2) is 29.6 Å². The van der Waals surface area contributed by atoms with Gasteiger partial charge in [0, 0.05) is 28.7 Å². The van der Waals surface area contributed by atoms with Crippen LogP contribution in [-0.2, 0) is 6.42 Å². The van der Waals surface area contributed by atoms with Crippen LogP contribution in [0.2, 0.25) is 0 Å². The van der Waals surface area contributed by atoms with E-state index in [2.05, 4.69) is 35.4 Å². The van der Waals surface area contributed by atoms with E-state index in [1.807, 2.05) is 24.3 Å². The van der Waals surface area contributed by atoms with E-state index in [-0.39, 0.29) is 6.04 Å². The van der Waals surface area contributed by atoms with Gasteiger partial charge in [-0.3, -0.25) is 0 Å². The van der Waals surface area contributed by atoms with Gasteiger partial charge in [0.1, 0.15) is 5.75 Å². The van der Waals surface area contributed by atoms with Crippen LogP contribution in [0.25, 0.3) is 0 Å². The van der Waals surface area contributed by atoms with Gasteiger partial charge in [0.15, 0.2) is 0 Å². The third-order valence-corrected chi connectivity index (χ3v) is 5.30. The average Bonchev–Trinajstić information content (AvgIpc) is 2.96. The van der Waals surface area contributed by atoms with E-state index in [1.165, 1.54) is 16.1 Å². The van der Waals surface area contributed by atoms with E-state index in [4.69, 9.17) is 10.5 Å². The van der Waals surface area contributed by atoms with E-state index >= 15 is 0 Å². The maximum absolute atomic E-state index is 6.21. The largest absolute Gasteiger partial charge is 0.496 e. The number of rotatable bonds is 3. The maximum Gasteiger partial charge on any atom is 0.125 e. The molecule has 3 nitrogen and oxygen atoms in total. The first kappa shape index (κ1) is 14.4. The minimum absolute atomic E-state index is 0.0489. The van der Waals surface area contributed by atoms with E-state index < -0.39 is 0 Å². The summed E-state index contributed by atoms with van der Waals surface area (Å²) in [6.07, 6.45) is 1.10. The summed E-state index contributed by atoms with van der Waals surface area (Å²) in [7, 11) is 1.71. The van der Waals surface area contributed by atoms with Gasteiger partial charge in [-0.2, -0.15) is 0 Å². The average molecular weight is 302 g/mol. The third-order valence-electron chi connectivity index (χ3n) is 4.31. The molecule has 0 bridgehead atoms. The number of fused-ring (bicyclic) bond motifs is 1. The fourth-order valence-corrected chi connectivity index (χ4v) is 4.22. The van der Waals surface area contributed by atoms with Crippen molar-refractivity contribution >= 4 is 17.0 Å². The number of benzene rings is 1. The zero-order chi connectivity index (χ0) is 15.0. The van der Waals surface area contributed by atoms with E-state index in [0.717, 1.165) is 24.3 Å². The summed E-state index contributed by atoms with van der Waals surface area (Å²) < 4.78 is 5.52. The number of anilines is 1. The van der Waals surface area contributed by atoms with Crippen molar-refractivity contribution < 1.29 is 4.74 Å². The molecule has 2 aromatic rings. The SMILES string of the molecule is COc1cccc(N2CCc3sccc3C2C)c1[C@H](C)N. The molecule has 0 aliphatic carbocycles. The Morgan fingerprint density at radius 2 is 2.19 bits per heavy atom. The molecule has 21 heavy (non-hydrogen) atoms. The predicted molar refractivity (Wildman–Crippen MR) is 89.4 cm³/mol. The van der Waals surface area contributed by atoms with Crippen LogP contribution >= 0.6 is 11.3 Å². The summed E-state index contributed by atoms with van der Waals surface area (Å²) in [6.45, 7) is 5.32. The molecular formula is C17H22N2OS. The van der Waals surface area contributed by atoms with Crippen LogP contribution in [0.4, 0.5) is 5.69 Å². The van der Waals surface area contributed by atoms with Gasteiger partial charge in [0.25, 0.3) is 0 Å². The van der Waals surface area contributed by atoms with Gasteiger partial charge in [-0.1, -0.05) is 6.07 Å². The standard InChI is InChI=1S/C17H22N2OS/c1-11(18)17-14(5-4-6-15(17)20-3)19-9-7-16-13(12(19)2)8-10-21-16/h4-6,8,10-12H,7,9,18H2,1-3H3/t11-,12?/m0/s1. The lowest BCUT2D eigenvalue weighted by Crippen LogP contribution is -2.34. The summed E-state index contributed by atoms with van der Waals surface area (Å²) >= 11 is 1.87. The Balaban J connectivity index is 2.05. The van der Waals surface area contributed by atoms with E-state index in [0.29, 0.717) is 6.04 Å². The zero-order valence-electron chi connectivity index (χ0n) is 12.8. The molecule has 3 rings (SSSR count). The van der Waals surface area contributed by atoms with Gasteiger partial charge in [-0.05, 0) is 49.4 Å². The number of methoxy groups -OCH3 is 1. The van der Waals surface area contributed by atoms with Crippen molar-refractivity contribution in [3.63, 3.8) is 0 Å². The molecule has 0 fully saturated rings. The lowest BCUT2D eigenvalue weighted by Gasteiger charge is -2.37. The number of thiophene rings is 1. The first-order valence-corrected chi connectivity index (χ1v) is 8.26. The highest BCUT2D eigenvalue weighted by molar-refractivity contribution is 7.10. The summed E-state index contributed by atoms with van der Waals surface area (Å²) in [5.41, 5.74) is 9.97. The van der Waals surface area contributed by atoms with Crippen molar-refractivity contribution in [1.82, 2.24) is 0 Å². The second-order valence-corrected chi connectivity index (χ2v) is 6.60. The monoisotopic (exact) mass is 302 g/mol. The second kappa shape index (κ2) is 5.70. The Labute approximate surface area is 130 Å². The molecular weight excluding hydrogens is 280 g/mol. The number of nitrogens with two attached hydrogens (primary N) is 1. The normalized spacial score (nSPS) is 19.2. The molecule has 4 heteroatoms. The first-order chi connectivity index (χ1) is 10.1. The van der Waals surface area contributed by atoms with Crippen LogP contribution in [0, 0.1) is 0 Å². The molecule has 0 amide bonds. The molecule has 1 aliphatic rings. The molecule has 1 unspecified atom stereocenters. The van der Waals surface area contributed by atoms with Crippen molar-refractivity contribution in [2.24, 2.45) is 5.73 Å². The third kappa shape index (κ3) is 2.43. The number of hydrogen-bond donors (Lipinski definition) is 1. The lowest BCUT2D eigenvalue weighted by molar-refractivity contribution is 0.406. The molecule has 2 atom stereocenters. The van der Waals surface area contributed by atoms with Gasteiger partial charge >= 0.3 is 0 Å². The van der Waals surface area contributed by atoms with E-state index in [1.54, 1.807) is 7.11 Å². The molecule has 1 aromatic heterocycles. The summed E-state index contributed by atoms with van der Waals surface area (Å²) in [5, 5.41) is 2.20. The molecule has 2 heterocycles. The van der Waals surface area contributed by atoms with Crippen molar-refractivity contribution in [3.05, 3.63) is 45.6 Å². The smallest absolute Gasteiger partial charge is 0.125 e. The first-order valence-electron chi connectivity index (χ1n) is 7.39. The number of ether oxygens (including phenoxy) is 1.